The minimum Gasteiger partial charge on any atom is -0.472 e. The minimum atomic E-state index is -0.901. The van der Waals surface area contributed by atoms with Gasteiger partial charge in [-0.25, -0.2) is 13.8 Å². The van der Waals surface area contributed by atoms with Gasteiger partial charge in [0.1, 0.15) is 17.5 Å². The number of anilines is 2. The van der Waals surface area contributed by atoms with Gasteiger partial charge in [-0.05, 0) is 36.8 Å². The van der Waals surface area contributed by atoms with Gasteiger partial charge >= 0.3 is 0 Å². The number of carbonyl (C=O) groups excluding carboxylic acids is 1. The number of halogens is 2. The zero-order valence-corrected chi connectivity index (χ0v) is 16.4. The van der Waals surface area contributed by atoms with E-state index in [1.165, 1.54) is 5.56 Å². The molecule has 1 saturated heterocycles. The summed E-state index contributed by atoms with van der Waals surface area (Å²) in [6.07, 6.45) is 6.02. The molecule has 1 amide bonds. The van der Waals surface area contributed by atoms with Crippen LogP contribution in [-0.2, 0) is 6.54 Å². The molecule has 8 heteroatoms. The van der Waals surface area contributed by atoms with Crippen molar-refractivity contribution in [3.63, 3.8) is 0 Å². The van der Waals surface area contributed by atoms with E-state index in [2.05, 4.69) is 20.1 Å². The van der Waals surface area contributed by atoms with Gasteiger partial charge in [0.25, 0.3) is 5.91 Å². The van der Waals surface area contributed by atoms with Gasteiger partial charge in [0.2, 0.25) is 0 Å². The second-order valence-electron chi connectivity index (χ2n) is 7.23. The van der Waals surface area contributed by atoms with Crippen LogP contribution in [0.25, 0.3) is 0 Å². The Labute approximate surface area is 173 Å². The summed E-state index contributed by atoms with van der Waals surface area (Å²) in [7, 11) is 0. The molecule has 1 N–H and O–H groups in total. The van der Waals surface area contributed by atoms with Crippen LogP contribution in [0.2, 0.25) is 0 Å². The number of aromatic nitrogens is 1. The van der Waals surface area contributed by atoms with Gasteiger partial charge in [-0.1, -0.05) is 0 Å². The third-order valence-corrected chi connectivity index (χ3v) is 5.08. The van der Waals surface area contributed by atoms with Gasteiger partial charge < -0.3 is 14.6 Å². The Morgan fingerprint density at radius 1 is 1.10 bits per heavy atom. The molecule has 0 bridgehead atoms. The molecular formula is C22H22F2N4O2. The number of nitrogens with one attached hydrogen (secondary N) is 1. The Morgan fingerprint density at radius 2 is 2.00 bits per heavy atom. The molecule has 2 aromatic heterocycles. The van der Waals surface area contributed by atoms with Crippen molar-refractivity contribution in [1.82, 2.24) is 9.88 Å². The van der Waals surface area contributed by atoms with Crippen LogP contribution < -0.4 is 10.2 Å². The van der Waals surface area contributed by atoms with Gasteiger partial charge in [-0.15, -0.1) is 0 Å². The fraction of sp³-hybridized carbons (Fsp3) is 0.273. The van der Waals surface area contributed by atoms with Crippen LogP contribution in [0.5, 0.6) is 0 Å². The van der Waals surface area contributed by atoms with Crippen LogP contribution in [-0.4, -0.2) is 42.0 Å². The van der Waals surface area contributed by atoms with E-state index < -0.39 is 17.5 Å². The molecule has 6 nitrogen and oxygen atoms in total. The highest BCUT2D eigenvalue weighted by atomic mass is 19.1. The predicted molar refractivity (Wildman–Crippen MR) is 109 cm³/mol. The highest BCUT2D eigenvalue weighted by molar-refractivity contribution is 6.04. The summed E-state index contributed by atoms with van der Waals surface area (Å²) >= 11 is 0. The molecule has 0 unspecified atom stereocenters. The lowest BCUT2D eigenvalue weighted by atomic mass is 10.2. The maximum absolute atomic E-state index is 13.8. The van der Waals surface area contributed by atoms with Crippen LogP contribution in [0.15, 0.2) is 59.5 Å². The summed E-state index contributed by atoms with van der Waals surface area (Å²) in [5, 5.41) is 2.59. The van der Waals surface area contributed by atoms with Crippen LogP contribution in [0.3, 0.4) is 0 Å². The van der Waals surface area contributed by atoms with Crippen LogP contribution >= 0.6 is 0 Å². The molecule has 1 aliphatic rings. The van der Waals surface area contributed by atoms with E-state index in [0.717, 1.165) is 57.1 Å². The summed E-state index contributed by atoms with van der Waals surface area (Å²) in [5.74, 6) is -1.45. The summed E-state index contributed by atoms with van der Waals surface area (Å²) in [6, 6.07) is 8.40. The van der Waals surface area contributed by atoms with Crippen molar-refractivity contribution in [2.24, 2.45) is 0 Å². The average molecular weight is 412 g/mol. The summed E-state index contributed by atoms with van der Waals surface area (Å²) < 4.78 is 31.9. The van der Waals surface area contributed by atoms with Crippen LogP contribution in [0, 0.1) is 11.6 Å². The van der Waals surface area contributed by atoms with E-state index in [-0.39, 0.29) is 5.56 Å². The number of hydrogen-bond donors (Lipinski definition) is 1. The Hall–Kier alpha value is -3.26. The minimum absolute atomic E-state index is 0.217. The second-order valence-corrected chi connectivity index (χ2v) is 7.23. The number of benzene rings is 1. The quantitative estimate of drug-likeness (QED) is 0.688. The first-order valence-electron chi connectivity index (χ1n) is 9.79. The number of furan rings is 1. The van der Waals surface area contributed by atoms with Crippen LogP contribution in [0.4, 0.5) is 20.3 Å². The predicted octanol–water partition coefficient (Wildman–Crippen LogP) is 3.92. The molecule has 30 heavy (non-hydrogen) atoms. The molecule has 0 radical (unpaired) electrons. The lowest BCUT2D eigenvalue weighted by Crippen LogP contribution is -2.30. The Kier molecular flexibility index (Phi) is 6.04. The van der Waals surface area contributed by atoms with E-state index in [4.69, 9.17) is 4.42 Å². The third kappa shape index (κ3) is 4.83. The summed E-state index contributed by atoms with van der Waals surface area (Å²) in [5.41, 5.74) is 1.40. The van der Waals surface area contributed by atoms with E-state index >= 15 is 0 Å². The molecule has 0 atom stereocenters. The van der Waals surface area contributed by atoms with Crippen molar-refractivity contribution in [2.45, 2.75) is 13.0 Å². The number of rotatable bonds is 5. The molecule has 0 aliphatic carbocycles. The number of amides is 1. The zero-order chi connectivity index (χ0) is 20.9. The zero-order valence-electron chi connectivity index (χ0n) is 16.4. The second kappa shape index (κ2) is 9.04. The molecule has 1 fully saturated rings. The van der Waals surface area contributed by atoms with Crippen molar-refractivity contribution in [1.29, 1.82) is 0 Å². The van der Waals surface area contributed by atoms with Crippen molar-refractivity contribution in [2.75, 3.05) is 36.4 Å². The van der Waals surface area contributed by atoms with Crippen molar-refractivity contribution in [3.8, 4) is 0 Å². The first-order chi connectivity index (χ1) is 14.6. The topological polar surface area (TPSA) is 61.6 Å². The van der Waals surface area contributed by atoms with Gasteiger partial charge in [0.15, 0.2) is 0 Å². The van der Waals surface area contributed by atoms with Gasteiger partial charge in [0.05, 0.1) is 30.0 Å². The fourth-order valence-electron chi connectivity index (χ4n) is 3.52. The summed E-state index contributed by atoms with van der Waals surface area (Å²) in [4.78, 5) is 21.3. The Morgan fingerprint density at radius 3 is 2.73 bits per heavy atom. The molecule has 0 spiro atoms. The lowest BCUT2D eigenvalue weighted by Gasteiger charge is -2.22. The fourth-order valence-corrected chi connectivity index (χ4v) is 3.52. The molecular weight excluding hydrogens is 390 g/mol. The smallest absolute Gasteiger partial charge is 0.258 e. The number of carbonyl (C=O) groups is 1. The van der Waals surface area contributed by atoms with E-state index in [9.17, 15) is 13.6 Å². The largest absolute Gasteiger partial charge is 0.472 e. The number of hydrogen-bond acceptors (Lipinski definition) is 5. The van der Waals surface area contributed by atoms with E-state index in [0.29, 0.717) is 11.8 Å². The average Bonchev–Trinajstić information content (AvgIpc) is 3.13. The maximum atomic E-state index is 13.8. The highest BCUT2D eigenvalue weighted by Crippen LogP contribution is 2.18. The van der Waals surface area contributed by atoms with E-state index in [1.807, 2.05) is 12.1 Å². The monoisotopic (exact) mass is 412 g/mol. The van der Waals surface area contributed by atoms with Gasteiger partial charge in [-0.2, -0.15) is 0 Å². The third-order valence-electron chi connectivity index (χ3n) is 5.08. The Bertz CT molecular complexity index is 993. The van der Waals surface area contributed by atoms with Crippen molar-refractivity contribution >= 4 is 17.4 Å². The highest BCUT2D eigenvalue weighted by Gasteiger charge is 2.17. The molecule has 156 valence electrons. The van der Waals surface area contributed by atoms with Gasteiger partial charge in [0, 0.05) is 44.4 Å². The first kappa shape index (κ1) is 20.0. The standard InChI is InChI=1S/C22H22F2N4O2/c23-17-2-4-19(20(24)12-17)22(29)26-18-3-5-21(25-13-18)28-8-1-7-27(9-10-28)14-16-6-11-30-15-16/h2-6,11-13,15H,1,7-10,14H2,(H,26,29). The van der Waals surface area contributed by atoms with Crippen molar-refractivity contribution in [3.05, 3.63) is 77.9 Å². The lowest BCUT2D eigenvalue weighted by molar-refractivity contribution is 0.102. The normalized spacial score (nSPS) is 15.1. The molecule has 3 aromatic rings. The van der Waals surface area contributed by atoms with E-state index in [1.54, 1.807) is 24.8 Å². The molecule has 3 heterocycles. The molecule has 4 rings (SSSR count). The SMILES string of the molecule is O=C(Nc1ccc(N2CCCN(Cc3ccoc3)CC2)nc1)c1ccc(F)cc1F. The number of nitrogens with zero attached hydrogens (tertiary/aromatic N) is 3. The van der Waals surface area contributed by atoms with Gasteiger partial charge in [-0.3, -0.25) is 9.69 Å². The van der Waals surface area contributed by atoms with Crippen LogP contribution in [0.1, 0.15) is 22.3 Å². The first-order valence-corrected chi connectivity index (χ1v) is 9.79. The summed E-state index contributed by atoms with van der Waals surface area (Å²) in [6.45, 7) is 4.51. The maximum Gasteiger partial charge on any atom is 0.258 e. The van der Waals surface area contributed by atoms with Crippen molar-refractivity contribution < 1.29 is 18.0 Å². The molecule has 0 saturated carbocycles. The Balaban J connectivity index is 1.35. The molecule has 1 aliphatic heterocycles. The molecule has 1 aromatic carbocycles. The number of pyridine rings is 1.